The number of fused-ring (bicyclic) bond motifs is 1. The maximum atomic E-state index is 11.1. The van der Waals surface area contributed by atoms with Gasteiger partial charge in [-0.3, -0.25) is 10.1 Å². The fraction of sp³-hybridized carbons (Fsp3) is 0.565. The number of hydrogen-bond donors (Lipinski definition) is 2. The number of aromatic nitrogens is 2. The molecule has 7 nitrogen and oxygen atoms in total. The molecule has 0 amide bonds. The van der Waals surface area contributed by atoms with E-state index in [1.807, 2.05) is 0 Å². The lowest BCUT2D eigenvalue weighted by Crippen LogP contribution is -2.09. The van der Waals surface area contributed by atoms with Crippen LogP contribution in [0.3, 0.4) is 0 Å². The van der Waals surface area contributed by atoms with Crippen molar-refractivity contribution >= 4 is 28.4 Å². The minimum absolute atomic E-state index is 0.0416. The highest BCUT2D eigenvalue weighted by Gasteiger charge is 2.12. The number of anilines is 2. The van der Waals surface area contributed by atoms with E-state index in [0.717, 1.165) is 13.0 Å². The maximum absolute atomic E-state index is 11.1. The molecule has 0 saturated heterocycles. The van der Waals surface area contributed by atoms with Crippen molar-refractivity contribution in [2.24, 2.45) is 0 Å². The van der Waals surface area contributed by atoms with E-state index in [1.54, 1.807) is 12.1 Å². The minimum Gasteiger partial charge on any atom is -0.369 e. The molecule has 0 aliphatic heterocycles. The van der Waals surface area contributed by atoms with Crippen LogP contribution in [-0.2, 0) is 0 Å². The molecule has 2 N–H and O–H groups in total. The number of nitro groups is 1. The molecular formula is C23H35N5O2. The molecule has 0 aliphatic carbocycles. The molecule has 1 aromatic heterocycles. The van der Waals surface area contributed by atoms with Gasteiger partial charge in [-0.15, -0.1) is 6.58 Å². The third kappa shape index (κ3) is 7.97. The molecule has 1 aromatic carbocycles. The van der Waals surface area contributed by atoms with Gasteiger partial charge in [0.2, 0.25) is 5.95 Å². The van der Waals surface area contributed by atoms with Gasteiger partial charge in [-0.2, -0.15) is 4.98 Å². The summed E-state index contributed by atoms with van der Waals surface area (Å²) in [4.78, 5) is 19.7. The van der Waals surface area contributed by atoms with Crippen LogP contribution in [0.2, 0.25) is 0 Å². The van der Waals surface area contributed by atoms with Crippen molar-refractivity contribution in [2.75, 3.05) is 23.7 Å². The van der Waals surface area contributed by atoms with E-state index in [-0.39, 0.29) is 5.69 Å². The predicted octanol–water partition coefficient (Wildman–Crippen LogP) is 6.47. The summed E-state index contributed by atoms with van der Waals surface area (Å²) in [6.07, 6.45) is 14.6. The van der Waals surface area contributed by atoms with Crippen molar-refractivity contribution in [3.63, 3.8) is 0 Å². The standard InChI is InChI=1S/C23H35N5O2/c1-3-5-6-7-8-9-10-11-12-13-17-24-22-20-18-19(28(29)30)14-15-21(20)26-23(27-22)25-16-4-2/h4,14-15,18H,2-3,5-13,16-17H2,1H3,(H2,24,25,26,27). The number of non-ortho nitro benzene ring substituents is 1. The van der Waals surface area contributed by atoms with E-state index >= 15 is 0 Å². The summed E-state index contributed by atoms with van der Waals surface area (Å²) in [5.74, 6) is 1.12. The fourth-order valence-electron chi connectivity index (χ4n) is 3.43. The number of rotatable bonds is 16. The van der Waals surface area contributed by atoms with Crippen molar-refractivity contribution in [2.45, 2.75) is 71.1 Å². The molecule has 0 spiro atoms. The summed E-state index contributed by atoms with van der Waals surface area (Å²) in [6.45, 7) is 7.28. The first kappa shape index (κ1) is 23.6. The van der Waals surface area contributed by atoms with Crippen LogP contribution in [0.5, 0.6) is 0 Å². The Hall–Kier alpha value is -2.70. The summed E-state index contributed by atoms with van der Waals surface area (Å²) in [5.41, 5.74) is 0.715. The Morgan fingerprint density at radius 3 is 2.30 bits per heavy atom. The topological polar surface area (TPSA) is 93.0 Å². The van der Waals surface area contributed by atoms with E-state index in [0.29, 0.717) is 29.2 Å². The highest BCUT2D eigenvalue weighted by Crippen LogP contribution is 2.26. The number of nitrogens with zero attached hydrogens (tertiary/aromatic N) is 3. The van der Waals surface area contributed by atoms with Crippen LogP contribution in [0.1, 0.15) is 71.1 Å². The Morgan fingerprint density at radius 2 is 1.67 bits per heavy atom. The molecule has 0 saturated carbocycles. The number of hydrogen-bond acceptors (Lipinski definition) is 6. The Labute approximate surface area is 179 Å². The van der Waals surface area contributed by atoms with Crippen LogP contribution < -0.4 is 10.6 Å². The van der Waals surface area contributed by atoms with E-state index < -0.39 is 4.92 Å². The summed E-state index contributed by atoms with van der Waals surface area (Å²) >= 11 is 0. The summed E-state index contributed by atoms with van der Waals surface area (Å²) in [6, 6.07) is 4.67. The SMILES string of the molecule is C=CCNc1nc(NCCCCCCCCCCCC)c2cc([N+](=O)[O-])ccc2n1. The van der Waals surface area contributed by atoms with Gasteiger partial charge >= 0.3 is 0 Å². The van der Waals surface area contributed by atoms with Crippen molar-refractivity contribution in [3.05, 3.63) is 41.0 Å². The fourth-order valence-corrected chi connectivity index (χ4v) is 3.43. The van der Waals surface area contributed by atoms with E-state index in [1.165, 1.54) is 69.9 Å². The lowest BCUT2D eigenvalue weighted by molar-refractivity contribution is -0.384. The zero-order chi connectivity index (χ0) is 21.6. The van der Waals surface area contributed by atoms with E-state index in [9.17, 15) is 10.1 Å². The normalized spacial score (nSPS) is 10.8. The molecule has 164 valence electrons. The van der Waals surface area contributed by atoms with E-state index in [4.69, 9.17) is 0 Å². The molecule has 0 aliphatic rings. The van der Waals surface area contributed by atoms with Crippen molar-refractivity contribution in [1.82, 2.24) is 9.97 Å². The number of benzene rings is 1. The average molecular weight is 414 g/mol. The van der Waals surface area contributed by atoms with Gasteiger partial charge in [0.15, 0.2) is 0 Å². The molecule has 0 fully saturated rings. The van der Waals surface area contributed by atoms with Crippen LogP contribution in [-0.4, -0.2) is 28.0 Å². The molecule has 30 heavy (non-hydrogen) atoms. The molecule has 0 radical (unpaired) electrons. The largest absolute Gasteiger partial charge is 0.369 e. The van der Waals surface area contributed by atoms with Gasteiger partial charge in [-0.05, 0) is 12.5 Å². The second kappa shape index (κ2) is 13.5. The number of nitro benzene ring substituents is 1. The molecule has 0 unspecified atom stereocenters. The smallest absolute Gasteiger partial charge is 0.270 e. The Bertz CT molecular complexity index is 810. The quantitative estimate of drug-likeness (QED) is 0.142. The van der Waals surface area contributed by atoms with Gasteiger partial charge in [0.05, 0.1) is 10.4 Å². The molecule has 7 heteroatoms. The van der Waals surface area contributed by atoms with Crippen LogP contribution in [0.25, 0.3) is 10.9 Å². The van der Waals surface area contributed by atoms with Crippen LogP contribution in [0.4, 0.5) is 17.5 Å². The van der Waals surface area contributed by atoms with Gasteiger partial charge in [-0.1, -0.05) is 70.8 Å². The summed E-state index contributed by atoms with van der Waals surface area (Å²) < 4.78 is 0. The van der Waals surface area contributed by atoms with Gasteiger partial charge < -0.3 is 10.6 Å². The first-order valence-corrected chi connectivity index (χ1v) is 11.2. The van der Waals surface area contributed by atoms with Gasteiger partial charge in [0, 0.05) is 30.6 Å². The number of nitrogens with one attached hydrogen (secondary N) is 2. The Kier molecular flexibility index (Phi) is 10.6. The zero-order valence-corrected chi connectivity index (χ0v) is 18.2. The third-order valence-corrected chi connectivity index (χ3v) is 5.12. The second-order valence-electron chi connectivity index (χ2n) is 7.63. The lowest BCUT2D eigenvalue weighted by atomic mass is 10.1. The average Bonchev–Trinajstić information content (AvgIpc) is 2.75. The molecule has 2 rings (SSSR count). The highest BCUT2D eigenvalue weighted by molar-refractivity contribution is 5.91. The molecule has 1 heterocycles. The number of unbranched alkanes of at least 4 members (excludes halogenated alkanes) is 9. The van der Waals surface area contributed by atoms with Crippen molar-refractivity contribution < 1.29 is 4.92 Å². The molecular weight excluding hydrogens is 378 g/mol. The molecule has 0 bridgehead atoms. The van der Waals surface area contributed by atoms with Gasteiger partial charge in [0.1, 0.15) is 5.82 Å². The highest BCUT2D eigenvalue weighted by atomic mass is 16.6. The monoisotopic (exact) mass is 413 g/mol. The molecule has 2 aromatic rings. The maximum Gasteiger partial charge on any atom is 0.270 e. The zero-order valence-electron chi connectivity index (χ0n) is 18.2. The van der Waals surface area contributed by atoms with Crippen LogP contribution in [0, 0.1) is 10.1 Å². The van der Waals surface area contributed by atoms with Crippen molar-refractivity contribution in [1.29, 1.82) is 0 Å². The van der Waals surface area contributed by atoms with Crippen LogP contribution in [0.15, 0.2) is 30.9 Å². The van der Waals surface area contributed by atoms with Gasteiger partial charge in [0.25, 0.3) is 5.69 Å². The summed E-state index contributed by atoms with van der Waals surface area (Å²) in [5, 5.41) is 18.3. The summed E-state index contributed by atoms with van der Waals surface area (Å²) in [7, 11) is 0. The van der Waals surface area contributed by atoms with Crippen LogP contribution >= 0.6 is 0 Å². The predicted molar refractivity (Wildman–Crippen MR) is 125 cm³/mol. The first-order chi connectivity index (χ1) is 14.7. The Balaban J connectivity index is 1.86. The Morgan fingerprint density at radius 1 is 1.00 bits per heavy atom. The third-order valence-electron chi connectivity index (χ3n) is 5.12. The van der Waals surface area contributed by atoms with Crippen molar-refractivity contribution in [3.8, 4) is 0 Å². The van der Waals surface area contributed by atoms with E-state index in [2.05, 4.69) is 34.1 Å². The first-order valence-electron chi connectivity index (χ1n) is 11.2. The molecule has 0 atom stereocenters. The second-order valence-corrected chi connectivity index (χ2v) is 7.63. The lowest BCUT2D eigenvalue weighted by Gasteiger charge is -2.11. The van der Waals surface area contributed by atoms with Gasteiger partial charge in [-0.25, -0.2) is 4.98 Å². The minimum atomic E-state index is -0.394.